The summed E-state index contributed by atoms with van der Waals surface area (Å²) in [5.74, 6) is 0.815. The summed E-state index contributed by atoms with van der Waals surface area (Å²) in [6, 6.07) is 18.3. The summed E-state index contributed by atoms with van der Waals surface area (Å²) in [6.45, 7) is 8.17. The van der Waals surface area contributed by atoms with E-state index in [2.05, 4.69) is 17.1 Å². The van der Waals surface area contributed by atoms with Crippen molar-refractivity contribution in [3.05, 3.63) is 66.0 Å². The third-order valence-electron chi connectivity index (χ3n) is 5.22. The maximum absolute atomic E-state index is 11.0. The van der Waals surface area contributed by atoms with Crippen LogP contribution < -0.4 is 0 Å². The topological polar surface area (TPSA) is 52.2 Å². The number of aromatic nitrogens is 2. The molecule has 0 spiro atoms. The molecule has 2 aromatic carbocycles. The molecule has 1 aliphatic rings. The number of hydrogen-bond acceptors (Lipinski definition) is 3. The van der Waals surface area contributed by atoms with Gasteiger partial charge in [0, 0.05) is 5.57 Å². The second kappa shape index (κ2) is 5.28. The number of benzene rings is 2. The Morgan fingerprint density at radius 3 is 2.12 bits per heavy atom. The summed E-state index contributed by atoms with van der Waals surface area (Å²) in [6.07, 6.45) is 0. The van der Waals surface area contributed by atoms with Crippen LogP contribution in [0.3, 0.4) is 0 Å². The third kappa shape index (κ3) is 2.25. The van der Waals surface area contributed by atoms with Gasteiger partial charge in [0.25, 0.3) is 0 Å². The summed E-state index contributed by atoms with van der Waals surface area (Å²) in [4.78, 5) is 8.26. The van der Waals surface area contributed by atoms with E-state index < -0.39 is 11.1 Å². The monoisotopic (exact) mass is 333 g/mol. The molecule has 0 aliphatic carbocycles. The molecular weight excluding hydrogens is 310 g/mol. The molecule has 1 aromatic heterocycles. The van der Waals surface area contributed by atoms with Crippen molar-refractivity contribution in [1.82, 2.24) is 15.0 Å². The molecule has 0 fully saturated rings. The SMILES string of the molecule is CC1(C)C(c2ccccc2)=C(c2nc3ccccc3[nH]2)C(C)(C)N1O. The lowest BCUT2D eigenvalue weighted by atomic mass is 9.85. The molecule has 3 aromatic rings. The van der Waals surface area contributed by atoms with Gasteiger partial charge in [-0.3, -0.25) is 0 Å². The second-order valence-electron chi connectivity index (χ2n) is 7.65. The van der Waals surface area contributed by atoms with Crippen LogP contribution in [0.25, 0.3) is 22.2 Å². The Labute approximate surface area is 147 Å². The number of hydrogen-bond donors (Lipinski definition) is 2. The van der Waals surface area contributed by atoms with Crippen molar-refractivity contribution in [3.63, 3.8) is 0 Å². The Morgan fingerprint density at radius 1 is 0.840 bits per heavy atom. The van der Waals surface area contributed by atoms with Crippen LogP contribution in [-0.2, 0) is 0 Å². The van der Waals surface area contributed by atoms with Crippen LogP contribution in [0.15, 0.2) is 54.6 Å². The van der Waals surface area contributed by atoms with Crippen molar-refractivity contribution in [1.29, 1.82) is 0 Å². The number of fused-ring (bicyclic) bond motifs is 1. The molecule has 4 heteroatoms. The van der Waals surface area contributed by atoms with Crippen LogP contribution in [-0.4, -0.2) is 31.3 Å². The van der Waals surface area contributed by atoms with E-state index in [0.29, 0.717) is 0 Å². The van der Waals surface area contributed by atoms with E-state index in [9.17, 15) is 5.21 Å². The Balaban J connectivity index is 2.05. The van der Waals surface area contributed by atoms with Gasteiger partial charge in [-0.2, -0.15) is 5.06 Å². The quantitative estimate of drug-likeness (QED) is 0.712. The highest BCUT2D eigenvalue weighted by Gasteiger charge is 2.52. The third-order valence-corrected chi connectivity index (χ3v) is 5.22. The molecule has 0 bridgehead atoms. The van der Waals surface area contributed by atoms with Gasteiger partial charge in [0.1, 0.15) is 5.82 Å². The van der Waals surface area contributed by atoms with Gasteiger partial charge in [-0.1, -0.05) is 42.5 Å². The molecule has 0 unspecified atom stereocenters. The van der Waals surface area contributed by atoms with Crippen LogP contribution in [0.5, 0.6) is 0 Å². The van der Waals surface area contributed by atoms with Gasteiger partial charge < -0.3 is 10.2 Å². The van der Waals surface area contributed by atoms with Gasteiger partial charge in [-0.05, 0) is 51.0 Å². The molecule has 0 atom stereocenters. The summed E-state index contributed by atoms with van der Waals surface area (Å²) >= 11 is 0. The van der Waals surface area contributed by atoms with Crippen LogP contribution in [0.2, 0.25) is 0 Å². The highest BCUT2D eigenvalue weighted by Crippen LogP contribution is 2.52. The lowest BCUT2D eigenvalue weighted by Crippen LogP contribution is -2.48. The zero-order valence-electron chi connectivity index (χ0n) is 15.0. The number of H-pyrrole nitrogens is 1. The zero-order chi connectivity index (χ0) is 17.8. The number of aromatic amines is 1. The van der Waals surface area contributed by atoms with Crippen molar-refractivity contribution in [2.75, 3.05) is 0 Å². The van der Waals surface area contributed by atoms with Gasteiger partial charge in [0.15, 0.2) is 0 Å². The lowest BCUT2D eigenvalue weighted by Gasteiger charge is -2.36. The molecule has 2 heterocycles. The van der Waals surface area contributed by atoms with Crippen molar-refractivity contribution in [3.8, 4) is 0 Å². The Kier molecular flexibility index (Phi) is 3.39. The first-order valence-corrected chi connectivity index (χ1v) is 8.58. The molecule has 0 radical (unpaired) electrons. The van der Waals surface area contributed by atoms with E-state index in [-0.39, 0.29) is 0 Å². The molecule has 25 heavy (non-hydrogen) atoms. The van der Waals surface area contributed by atoms with E-state index in [1.807, 2.05) is 70.2 Å². The fourth-order valence-corrected chi connectivity index (χ4v) is 4.10. The summed E-state index contributed by atoms with van der Waals surface area (Å²) in [5, 5.41) is 12.4. The highest BCUT2D eigenvalue weighted by atomic mass is 16.5. The molecule has 4 nitrogen and oxygen atoms in total. The average molecular weight is 333 g/mol. The Bertz CT molecular complexity index is 934. The van der Waals surface area contributed by atoms with Crippen molar-refractivity contribution >= 4 is 22.2 Å². The predicted octanol–water partition coefficient (Wildman–Crippen LogP) is 4.74. The van der Waals surface area contributed by atoms with Crippen molar-refractivity contribution < 1.29 is 5.21 Å². The van der Waals surface area contributed by atoms with E-state index in [4.69, 9.17) is 4.98 Å². The number of rotatable bonds is 2. The number of nitrogens with zero attached hydrogens (tertiary/aromatic N) is 2. The molecule has 0 amide bonds. The van der Waals surface area contributed by atoms with Gasteiger partial charge in [-0.15, -0.1) is 0 Å². The maximum atomic E-state index is 11.0. The normalized spacial score (nSPS) is 19.7. The minimum atomic E-state index is -0.567. The van der Waals surface area contributed by atoms with Crippen molar-refractivity contribution in [2.45, 2.75) is 38.8 Å². The first kappa shape index (κ1) is 16.1. The first-order chi connectivity index (χ1) is 11.8. The summed E-state index contributed by atoms with van der Waals surface area (Å²) in [5.41, 5.74) is 4.07. The van der Waals surface area contributed by atoms with Gasteiger partial charge in [0.05, 0.1) is 22.1 Å². The van der Waals surface area contributed by atoms with E-state index in [0.717, 1.165) is 33.6 Å². The highest BCUT2D eigenvalue weighted by molar-refractivity contribution is 6.00. The molecule has 0 saturated heterocycles. The Hall–Kier alpha value is -2.43. The maximum Gasteiger partial charge on any atom is 0.136 e. The van der Waals surface area contributed by atoms with Crippen molar-refractivity contribution in [2.24, 2.45) is 0 Å². The second-order valence-corrected chi connectivity index (χ2v) is 7.65. The van der Waals surface area contributed by atoms with Crippen LogP contribution in [0, 0.1) is 0 Å². The molecule has 4 rings (SSSR count). The van der Waals surface area contributed by atoms with E-state index in [1.54, 1.807) is 0 Å². The number of imidazole rings is 1. The smallest absolute Gasteiger partial charge is 0.136 e. The fourth-order valence-electron chi connectivity index (χ4n) is 4.10. The predicted molar refractivity (Wildman–Crippen MR) is 101 cm³/mol. The summed E-state index contributed by atoms with van der Waals surface area (Å²) < 4.78 is 0. The van der Waals surface area contributed by atoms with E-state index in [1.165, 1.54) is 5.06 Å². The molecule has 0 saturated carbocycles. The molecule has 1 aliphatic heterocycles. The van der Waals surface area contributed by atoms with Gasteiger partial charge in [0.2, 0.25) is 0 Å². The minimum Gasteiger partial charge on any atom is -0.338 e. The zero-order valence-corrected chi connectivity index (χ0v) is 15.0. The standard InChI is InChI=1S/C21H23N3O/c1-20(2)17(14-10-6-5-7-11-14)18(21(3,4)24(20)25)19-22-15-12-8-9-13-16(15)23-19/h5-13,25H,1-4H3,(H,22,23). The van der Waals surface area contributed by atoms with E-state index >= 15 is 0 Å². The lowest BCUT2D eigenvalue weighted by molar-refractivity contribution is -0.178. The Morgan fingerprint density at radius 2 is 1.44 bits per heavy atom. The van der Waals surface area contributed by atoms with Crippen LogP contribution >= 0.6 is 0 Å². The number of nitrogens with one attached hydrogen (secondary N) is 1. The van der Waals surface area contributed by atoms with Crippen LogP contribution in [0.4, 0.5) is 0 Å². The van der Waals surface area contributed by atoms with Gasteiger partial charge in [-0.25, -0.2) is 4.98 Å². The first-order valence-electron chi connectivity index (χ1n) is 8.58. The molecule has 2 N–H and O–H groups in total. The van der Waals surface area contributed by atoms with Crippen LogP contribution in [0.1, 0.15) is 39.1 Å². The molecular formula is C21H23N3O. The molecule has 128 valence electrons. The summed E-state index contributed by atoms with van der Waals surface area (Å²) in [7, 11) is 0. The minimum absolute atomic E-state index is 0.529. The number of hydroxylamine groups is 2. The average Bonchev–Trinajstić information content (AvgIpc) is 3.07. The van der Waals surface area contributed by atoms with Gasteiger partial charge >= 0.3 is 0 Å². The largest absolute Gasteiger partial charge is 0.338 e. The fraction of sp³-hybridized carbons (Fsp3) is 0.286. The number of para-hydroxylation sites is 2.